The van der Waals surface area contributed by atoms with Crippen molar-refractivity contribution in [2.45, 2.75) is 6.73 Å². The summed E-state index contributed by atoms with van der Waals surface area (Å²) in [5.74, 6) is -1.18. The smallest absolute Gasteiger partial charge is 0.358 e. The van der Waals surface area contributed by atoms with E-state index >= 15 is 0 Å². The predicted molar refractivity (Wildman–Crippen MR) is 46.8 cm³/mol. The number of aromatic amines is 1. The summed E-state index contributed by atoms with van der Waals surface area (Å²) >= 11 is 0. The number of aromatic carboxylic acids is 1. The fraction of sp³-hybridized carbons (Fsp3) is 0.143. The Kier molecular flexibility index (Phi) is 3.77. The number of carboxylic acid groups (broad SMARTS) is 1. The zero-order chi connectivity index (χ0) is 10.8. The van der Waals surface area contributed by atoms with Crippen LogP contribution in [0.2, 0.25) is 0 Å². The van der Waals surface area contributed by atoms with Gasteiger partial charge < -0.3 is 10.2 Å². The van der Waals surface area contributed by atoms with Gasteiger partial charge in [-0.2, -0.15) is 15.4 Å². The second-order valence-electron chi connectivity index (χ2n) is 2.71. The van der Waals surface area contributed by atoms with Crippen molar-refractivity contribution in [1.29, 1.82) is 0 Å². The first-order valence-electron chi connectivity index (χ1n) is 4.01. The molecular weight excluding hydrogens is 257 g/mol. The number of H-pyrrole nitrogens is 1. The summed E-state index contributed by atoms with van der Waals surface area (Å²) < 4.78 is 1.25. The van der Waals surface area contributed by atoms with Crippen molar-refractivity contribution in [2.24, 2.45) is 0 Å². The second kappa shape index (κ2) is 4.88. The number of carbonyl (C=O) groups is 1. The van der Waals surface area contributed by atoms with Crippen LogP contribution in [0.25, 0.3) is 11.4 Å². The van der Waals surface area contributed by atoms with Gasteiger partial charge in [0.1, 0.15) is 18.1 Å². The van der Waals surface area contributed by atoms with Crippen molar-refractivity contribution in [3.8, 4) is 11.4 Å². The molecule has 0 aliphatic heterocycles. The van der Waals surface area contributed by atoms with Gasteiger partial charge >= 0.3 is 5.97 Å². The minimum Gasteiger partial charge on any atom is -0.476 e. The molecule has 0 spiro atoms. The molecule has 0 amide bonds. The molecule has 16 heavy (non-hydrogen) atoms. The first-order valence-corrected chi connectivity index (χ1v) is 4.01. The van der Waals surface area contributed by atoms with Crippen LogP contribution >= 0.6 is 0 Å². The summed E-state index contributed by atoms with van der Waals surface area (Å²) in [5.41, 5.74) is 0.295. The molecule has 8 nitrogen and oxygen atoms in total. The van der Waals surface area contributed by atoms with E-state index in [1.165, 1.54) is 10.9 Å². The zero-order valence-electron chi connectivity index (χ0n) is 7.83. The SMILES string of the molecule is O=C(O)c1n[nH]nc1-c1ccn(CO)n1.[Mn]. The largest absolute Gasteiger partial charge is 0.476 e. The van der Waals surface area contributed by atoms with Gasteiger partial charge in [-0.1, -0.05) is 0 Å². The minimum atomic E-state index is -1.18. The minimum absolute atomic E-state index is 0. The second-order valence-corrected chi connectivity index (χ2v) is 2.71. The van der Waals surface area contributed by atoms with E-state index in [0.29, 0.717) is 5.69 Å². The maximum Gasteiger partial charge on any atom is 0.358 e. The Hall–Kier alpha value is -1.70. The first-order chi connectivity index (χ1) is 7.22. The van der Waals surface area contributed by atoms with Crippen LogP contribution in [0.3, 0.4) is 0 Å². The fourth-order valence-corrected chi connectivity index (χ4v) is 1.13. The van der Waals surface area contributed by atoms with Gasteiger partial charge in [0.15, 0.2) is 5.69 Å². The summed E-state index contributed by atoms with van der Waals surface area (Å²) in [6, 6.07) is 1.54. The van der Waals surface area contributed by atoms with Crippen molar-refractivity contribution >= 4 is 5.97 Å². The number of carboxylic acids is 1. The van der Waals surface area contributed by atoms with Crippen LogP contribution in [-0.2, 0) is 23.8 Å². The van der Waals surface area contributed by atoms with Gasteiger partial charge in [0, 0.05) is 23.3 Å². The third kappa shape index (κ3) is 2.11. The zero-order valence-corrected chi connectivity index (χ0v) is 9.01. The molecule has 0 aliphatic carbocycles. The summed E-state index contributed by atoms with van der Waals surface area (Å²) in [7, 11) is 0. The van der Waals surface area contributed by atoms with Gasteiger partial charge in [0.25, 0.3) is 0 Å². The number of aliphatic hydroxyl groups excluding tert-OH is 1. The molecule has 2 rings (SSSR count). The Morgan fingerprint density at radius 2 is 2.25 bits per heavy atom. The standard InChI is InChI=1S/C7H7N5O3.Mn/c13-3-12-2-1-4(10-12)5-6(7(14)15)9-11-8-5;/h1-2,13H,3H2,(H,14,15)(H,8,9,11);. The monoisotopic (exact) mass is 264 g/mol. The molecule has 0 unspecified atom stereocenters. The van der Waals surface area contributed by atoms with Gasteiger partial charge in [-0.3, -0.25) is 0 Å². The van der Waals surface area contributed by atoms with Crippen molar-refractivity contribution in [3.05, 3.63) is 18.0 Å². The number of nitrogens with one attached hydrogen (secondary N) is 1. The van der Waals surface area contributed by atoms with Gasteiger partial charge in [0.05, 0.1) is 0 Å². The molecule has 0 atom stereocenters. The van der Waals surface area contributed by atoms with E-state index < -0.39 is 5.97 Å². The molecule has 2 aromatic heterocycles. The van der Waals surface area contributed by atoms with Crippen molar-refractivity contribution in [1.82, 2.24) is 25.2 Å². The third-order valence-electron chi connectivity index (χ3n) is 1.78. The van der Waals surface area contributed by atoms with E-state index in [9.17, 15) is 4.79 Å². The number of rotatable bonds is 3. The van der Waals surface area contributed by atoms with Crippen LogP contribution in [0.4, 0.5) is 0 Å². The van der Waals surface area contributed by atoms with E-state index in [1.54, 1.807) is 6.07 Å². The number of nitrogens with zero attached hydrogens (tertiary/aromatic N) is 4. The summed E-state index contributed by atoms with van der Waals surface area (Å²) in [5, 5.41) is 30.8. The Morgan fingerprint density at radius 3 is 2.81 bits per heavy atom. The Balaban J connectivity index is 0.00000128. The normalized spacial score (nSPS) is 9.81. The summed E-state index contributed by atoms with van der Waals surface area (Å²) in [6.45, 7) is -0.278. The third-order valence-corrected chi connectivity index (χ3v) is 1.78. The maximum atomic E-state index is 10.7. The Labute approximate surface area is 99.8 Å². The number of hydrogen-bond acceptors (Lipinski definition) is 5. The van der Waals surface area contributed by atoms with Crippen LogP contribution in [0.5, 0.6) is 0 Å². The van der Waals surface area contributed by atoms with Gasteiger partial charge in [0.2, 0.25) is 0 Å². The van der Waals surface area contributed by atoms with E-state index in [4.69, 9.17) is 10.2 Å². The average Bonchev–Trinajstić information content (AvgIpc) is 2.85. The van der Waals surface area contributed by atoms with Gasteiger partial charge in [-0.15, -0.1) is 5.10 Å². The number of hydrogen-bond donors (Lipinski definition) is 3. The van der Waals surface area contributed by atoms with Crippen LogP contribution in [0.15, 0.2) is 12.3 Å². The van der Waals surface area contributed by atoms with Gasteiger partial charge in [-0.25, -0.2) is 9.48 Å². The van der Waals surface area contributed by atoms with Crippen molar-refractivity contribution in [2.75, 3.05) is 0 Å². The molecule has 0 aromatic carbocycles. The van der Waals surface area contributed by atoms with Crippen LogP contribution in [0, 0.1) is 0 Å². The fourth-order valence-electron chi connectivity index (χ4n) is 1.13. The molecule has 3 N–H and O–H groups in total. The number of aromatic nitrogens is 5. The van der Waals surface area contributed by atoms with Gasteiger partial charge in [-0.05, 0) is 6.07 Å². The Morgan fingerprint density at radius 1 is 1.50 bits per heavy atom. The van der Waals surface area contributed by atoms with Crippen LogP contribution in [0.1, 0.15) is 10.5 Å². The van der Waals surface area contributed by atoms with E-state index in [2.05, 4.69) is 20.5 Å². The quantitative estimate of drug-likeness (QED) is 0.632. The Bertz CT molecular complexity index is 494. The van der Waals surface area contributed by atoms with Crippen LogP contribution in [-0.4, -0.2) is 41.4 Å². The van der Waals surface area contributed by atoms with E-state index in [0.717, 1.165) is 0 Å². The molecule has 0 saturated heterocycles. The number of aliphatic hydroxyl groups is 1. The summed E-state index contributed by atoms with van der Waals surface area (Å²) in [6.07, 6.45) is 1.51. The van der Waals surface area contributed by atoms with Crippen molar-refractivity contribution in [3.63, 3.8) is 0 Å². The van der Waals surface area contributed by atoms with Crippen molar-refractivity contribution < 1.29 is 32.1 Å². The van der Waals surface area contributed by atoms with E-state index in [1.807, 2.05) is 0 Å². The molecule has 2 heterocycles. The molecule has 0 fully saturated rings. The molecule has 0 saturated carbocycles. The maximum absolute atomic E-state index is 10.7. The molecule has 0 bridgehead atoms. The average molecular weight is 264 g/mol. The topological polar surface area (TPSA) is 117 Å². The predicted octanol–water partition coefficient (Wildman–Crippen LogP) is -0.686. The molecule has 85 valence electrons. The molecule has 9 heteroatoms. The molecule has 0 aliphatic rings. The first kappa shape index (κ1) is 12.4. The molecular formula is C7H7MnN5O3. The summed E-state index contributed by atoms with van der Waals surface area (Å²) in [4.78, 5) is 10.7. The molecule has 1 radical (unpaired) electrons. The molecule has 2 aromatic rings. The van der Waals surface area contributed by atoms with E-state index in [-0.39, 0.29) is 35.2 Å². The van der Waals surface area contributed by atoms with Crippen LogP contribution < -0.4 is 0 Å².